The minimum atomic E-state index is -1.02. The van der Waals surface area contributed by atoms with Crippen LogP contribution in [0.1, 0.15) is 121 Å². The Morgan fingerprint density at radius 1 is 0.976 bits per heavy atom. The van der Waals surface area contributed by atoms with Gasteiger partial charge in [0.2, 0.25) is 23.5 Å². The summed E-state index contributed by atoms with van der Waals surface area (Å²) in [6, 6.07) is 7.95. The van der Waals surface area contributed by atoms with Crippen LogP contribution >= 0.6 is 0 Å². The van der Waals surface area contributed by atoms with E-state index in [9.17, 15) is 9.18 Å². The lowest BCUT2D eigenvalue weighted by atomic mass is 9.41. The van der Waals surface area contributed by atoms with E-state index < -0.39 is 5.67 Å². The summed E-state index contributed by atoms with van der Waals surface area (Å²) in [5.74, 6) is 3.41. The summed E-state index contributed by atoms with van der Waals surface area (Å²) in [5.41, 5.74) is 0.268. The molecule has 0 atom stereocenters. The van der Waals surface area contributed by atoms with E-state index in [1.54, 1.807) is 0 Å². The molecule has 1 amide bonds. The fourth-order valence-electron chi connectivity index (χ4n) is 8.36. The van der Waals surface area contributed by atoms with E-state index in [-0.39, 0.29) is 27.6 Å². The van der Waals surface area contributed by atoms with Crippen molar-refractivity contribution in [2.24, 2.45) is 10.8 Å². The molecule has 3 aromatic rings. The standard InChI is InChI=1S/C33H40FN5O3/c1-29(2,3)27-35-26(38-41-27)22-5-4-6-23(15-22)39(24(40)16-31-17-33(34,18-31)19-31)20-30-9-12-32(13-10-30,14-11-30)28-36-25(37-42-28)21-7-8-21/h4-6,15,21H,7-14,16-20H2,1-3H3. The number of aromatic nitrogens is 4. The summed E-state index contributed by atoms with van der Waals surface area (Å²) in [4.78, 5) is 25.6. The molecule has 2 aromatic heterocycles. The van der Waals surface area contributed by atoms with Gasteiger partial charge in [-0.05, 0) is 93.6 Å². The number of hydrogen-bond acceptors (Lipinski definition) is 7. The summed E-state index contributed by atoms with van der Waals surface area (Å²) < 4.78 is 25.8. The van der Waals surface area contributed by atoms with Gasteiger partial charge in [0.05, 0.1) is 0 Å². The fraction of sp³-hybridized carbons (Fsp3) is 0.667. The van der Waals surface area contributed by atoms with Crippen LogP contribution in [0.25, 0.3) is 11.4 Å². The van der Waals surface area contributed by atoms with Gasteiger partial charge in [-0.3, -0.25) is 4.79 Å². The van der Waals surface area contributed by atoms with Gasteiger partial charge >= 0.3 is 0 Å². The van der Waals surface area contributed by atoms with E-state index in [2.05, 4.69) is 15.3 Å². The zero-order valence-electron chi connectivity index (χ0n) is 24.9. The Balaban J connectivity index is 1.05. The third-order valence-corrected chi connectivity index (χ3v) is 11.1. The number of hydrogen-bond donors (Lipinski definition) is 0. The molecular weight excluding hydrogens is 533 g/mol. The first-order chi connectivity index (χ1) is 20.0. The minimum Gasteiger partial charge on any atom is -0.339 e. The van der Waals surface area contributed by atoms with Gasteiger partial charge < -0.3 is 13.9 Å². The summed E-state index contributed by atoms with van der Waals surface area (Å²) in [7, 11) is 0. The average molecular weight is 574 g/mol. The maximum absolute atomic E-state index is 14.4. The number of nitrogens with zero attached hydrogens (tertiary/aromatic N) is 5. The normalized spacial score (nSPS) is 33.2. The lowest BCUT2D eigenvalue weighted by Gasteiger charge is -2.66. The largest absolute Gasteiger partial charge is 0.339 e. The lowest BCUT2D eigenvalue weighted by Crippen LogP contribution is -2.65. The molecule has 7 fully saturated rings. The highest BCUT2D eigenvalue weighted by Gasteiger charge is 2.69. The van der Waals surface area contributed by atoms with Gasteiger partial charge in [0.15, 0.2) is 5.82 Å². The zero-order valence-corrected chi connectivity index (χ0v) is 24.9. The summed E-state index contributed by atoms with van der Waals surface area (Å²) >= 11 is 0. The molecule has 0 aliphatic heterocycles. The lowest BCUT2D eigenvalue weighted by molar-refractivity contribution is -0.215. The Hall–Kier alpha value is -3.10. The quantitative estimate of drug-likeness (QED) is 0.281. The Labute approximate surface area is 245 Å². The van der Waals surface area contributed by atoms with Crippen LogP contribution in [0.4, 0.5) is 10.1 Å². The van der Waals surface area contributed by atoms with Crippen molar-refractivity contribution in [3.63, 3.8) is 0 Å². The molecule has 10 rings (SSSR count). The van der Waals surface area contributed by atoms with Crippen LogP contribution in [-0.4, -0.2) is 38.4 Å². The molecule has 4 bridgehead atoms. The number of fused-ring (bicyclic) bond motifs is 3. The first-order valence-electron chi connectivity index (χ1n) is 15.8. The number of anilines is 1. The van der Waals surface area contributed by atoms with E-state index >= 15 is 0 Å². The predicted octanol–water partition coefficient (Wildman–Crippen LogP) is 7.20. The van der Waals surface area contributed by atoms with Gasteiger partial charge in [0.1, 0.15) is 5.67 Å². The van der Waals surface area contributed by atoms with Crippen LogP contribution < -0.4 is 4.90 Å². The predicted molar refractivity (Wildman–Crippen MR) is 154 cm³/mol. The number of halogens is 1. The summed E-state index contributed by atoms with van der Waals surface area (Å²) in [6.07, 6.45) is 10.4. The van der Waals surface area contributed by atoms with Gasteiger partial charge in [-0.1, -0.05) is 43.2 Å². The van der Waals surface area contributed by atoms with Gasteiger partial charge in [-0.15, -0.1) is 0 Å². The van der Waals surface area contributed by atoms with Crippen molar-refractivity contribution in [2.45, 2.75) is 120 Å². The third-order valence-electron chi connectivity index (χ3n) is 11.1. The Morgan fingerprint density at radius 2 is 1.69 bits per heavy atom. The van der Waals surface area contributed by atoms with Gasteiger partial charge in [0, 0.05) is 41.0 Å². The van der Waals surface area contributed by atoms with Crippen LogP contribution in [0.3, 0.4) is 0 Å². The molecule has 7 aliphatic rings. The van der Waals surface area contributed by atoms with Crippen LogP contribution in [0.5, 0.6) is 0 Å². The maximum Gasteiger partial charge on any atom is 0.232 e. The molecule has 42 heavy (non-hydrogen) atoms. The Bertz CT molecular complexity index is 1500. The zero-order chi connectivity index (χ0) is 29.0. The van der Waals surface area contributed by atoms with Gasteiger partial charge in [-0.2, -0.15) is 9.97 Å². The monoisotopic (exact) mass is 573 g/mol. The molecule has 7 aliphatic carbocycles. The molecule has 0 N–H and O–H groups in total. The van der Waals surface area contributed by atoms with Crippen LogP contribution in [-0.2, 0) is 15.6 Å². The second-order valence-corrected chi connectivity index (χ2v) is 15.6. The molecule has 0 radical (unpaired) electrons. The van der Waals surface area contributed by atoms with Crippen molar-refractivity contribution in [1.29, 1.82) is 0 Å². The van der Waals surface area contributed by atoms with Gasteiger partial charge in [-0.25, -0.2) is 4.39 Å². The number of carbonyl (C=O) groups excluding carboxylic acids is 1. The van der Waals surface area contributed by atoms with Crippen LogP contribution in [0, 0.1) is 10.8 Å². The minimum absolute atomic E-state index is 0.0265. The summed E-state index contributed by atoms with van der Waals surface area (Å²) in [6.45, 7) is 6.79. The second kappa shape index (κ2) is 8.73. The van der Waals surface area contributed by atoms with Crippen molar-refractivity contribution in [2.75, 3.05) is 11.4 Å². The number of carbonyl (C=O) groups is 1. The Morgan fingerprint density at radius 3 is 2.31 bits per heavy atom. The number of benzene rings is 1. The second-order valence-electron chi connectivity index (χ2n) is 15.6. The molecule has 0 unspecified atom stereocenters. The molecule has 9 heteroatoms. The highest BCUT2D eigenvalue weighted by Crippen LogP contribution is 2.71. The van der Waals surface area contributed by atoms with Crippen molar-refractivity contribution in [1.82, 2.24) is 20.3 Å². The SMILES string of the molecule is CC(C)(C)c1nc(-c2cccc(N(CC34CCC(c5nc(C6CC6)no5)(CC3)CC4)C(=O)CC34CC(F)(C3)C4)c2)no1. The highest BCUT2D eigenvalue weighted by atomic mass is 19.1. The van der Waals surface area contributed by atoms with Crippen molar-refractivity contribution in [3.8, 4) is 11.4 Å². The van der Waals surface area contributed by atoms with E-state index in [4.69, 9.17) is 14.0 Å². The van der Waals surface area contributed by atoms with Gasteiger partial charge in [0.25, 0.3) is 0 Å². The third kappa shape index (κ3) is 4.32. The van der Waals surface area contributed by atoms with Crippen molar-refractivity contribution < 1.29 is 18.2 Å². The molecule has 2 heterocycles. The number of amides is 1. The topological polar surface area (TPSA) is 98.2 Å². The van der Waals surface area contributed by atoms with E-state index in [1.165, 1.54) is 0 Å². The van der Waals surface area contributed by atoms with E-state index in [1.807, 2.05) is 49.9 Å². The average Bonchev–Trinajstić information content (AvgIpc) is 3.43. The molecule has 222 valence electrons. The molecule has 1 aromatic carbocycles. The fourth-order valence-corrected chi connectivity index (χ4v) is 8.36. The maximum atomic E-state index is 14.4. The Kier molecular flexibility index (Phi) is 5.51. The molecular formula is C33H40FN5O3. The first kappa shape index (κ1) is 26.5. The number of alkyl halides is 1. The summed E-state index contributed by atoms with van der Waals surface area (Å²) in [5, 5.41) is 8.56. The smallest absolute Gasteiger partial charge is 0.232 e. The first-order valence-corrected chi connectivity index (χ1v) is 15.8. The molecule has 7 saturated carbocycles. The molecule has 8 nitrogen and oxygen atoms in total. The van der Waals surface area contributed by atoms with Crippen molar-refractivity contribution in [3.05, 3.63) is 41.9 Å². The molecule has 0 spiro atoms. The van der Waals surface area contributed by atoms with Crippen LogP contribution in [0.15, 0.2) is 33.3 Å². The molecule has 0 saturated heterocycles. The van der Waals surface area contributed by atoms with Crippen LogP contribution in [0.2, 0.25) is 0 Å². The number of rotatable bonds is 8. The van der Waals surface area contributed by atoms with Crippen molar-refractivity contribution >= 4 is 11.6 Å². The van der Waals surface area contributed by atoms with E-state index in [0.717, 1.165) is 74.3 Å². The van der Waals surface area contributed by atoms with E-state index in [0.29, 0.717) is 49.9 Å². The highest BCUT2D eigenvalue weighted by molar-refractivity contribution is 5.94.